The molecule has 1 atom stereocenters. The van der Waals surface area contributed by atoms with Gasteiger partial charge in [0.05, 0.1) is 0 Å². The summed E-state index contributed by atoms with van der Waals surface area (Å²) in [5.74, 6) is 0.793. The summed E-state index contributed by atoms with van der Waals surface area (Å²) in [6, 6.07) is 0. The fourth-order valence-corrected chi connectivity index (χ4v) is 3.85. The molecule has 124 valence electrons. The minimum absolute atomic E-state index is 0.0280. The number of aryl methyl sites for hydroxylation is 1. The lowest BCUT2D eigenvalue weighted by molar-refractivity contribution is -0.121. The number of amides is 1. The second-order valence-corrected chi connectivity index (χ2v) is 7.47. The molecule has 0 saturated carbocycles. The van der Waals surface area contributed by atoms with E-state index in [-0.39, 0.29) is 10.8 Å². The smallest absolute Gasteiger partial charge is 0.307 e. The van der Waals surface area contributed by atoms with Gasteiger partial charge in [-0.25, -0.2) is 0 Å². The van der Waals surface area contributed by atoms with Crippen LogP contribution < -0.4 is 10.2 Å². The van der Waals surface area contributed by atoms with Crippen LogP contribution in [-0.2, 0) is 11.3 Å². The predicted molar refractivity (Wildman–Crippen MR) is 90.5 cm³/mol. The number of carbonyl (C=O) groups excluding carboxylic acids is 1. The fourth-order valence-electron chi connectivity index (χ4n) is 2.99. The molecule has 1 unspecified atom stereocenters. The van der Waals surface area contributed by atoms with Crippen molar-refractivity contribution >= 4 is 17.2 Å². The predicted octanol–water partition coefficient (Wildman–Crippen LogP) is 1.76. The SMILES string of the molecule is Cc1sc(=O)n(CCC(=O)NCCN2CCCC(C)C2)c1C. The summed E-state index contributed by atoms with van der Waals surface area (Å²) >= 11 is 1.25. The Morgan fingerprint density at radius 1 is 1.36 bits per heavy atom. The molecule has 1 fully saturated rings. The van der Waals surface area contributed by atoms with E-state index in [0.29, 0.717) is 19.5 Å². The summed E-state index contributed by atoms with van der Waals surface area (Å²) in [6.45, 7) is 10.5. The molecule has 22 heavy (non-hydrogen) atoms. The second-order valence-electron chi connectivity index (χ2n) is 6.31. The third-order valence-electron chi connectivity index (χ3n) is 4.43. The number of carbonyl (C=O) groups is 1. The van der Waals surface area contributed by atoms with Gasteiger partial charge in [0.2, 0.25) is 5.91 Å². The van der Waals surface area contributed by atoms with Crippen LogP contribution in [0.4, 0.5) is 0 Å². The van der Waals surface area contributed by atoms with Crippen LogP contribution in [0.3, 0.4) is 0 Å². The molecule has 0 spiro atoms. The fraction of sp³-hybridized carbons (Fsp3) is 0.750. The van der Waals surface area contributed by atoms with Crippen LogP contribution in [-0.4, -0.2) is 41.6 Å². The van der Waals surface area contributed by atoms with E-state index in [1.807, 2.05) is 13.8 Å². The quantitative estimate of drug-likeness (QED) is 0.867. The topological polar surface area (TPSA) is 54.3 Å². The van der Waals surface area contributed by atoms with Gasteiger partial charge >= 0.3 is 4.87 Å². The van der Waals surface area contributed by atoms with E-state index in [1.54, 1.807) is 4.57 Å². The normalized spacial score (nSPS) is 19.3. The molecule has 0 aliphatic carbocycles. The molecule has 0 radical (unpaired) electrons. The molecule has 0 aromatic carbocycles. The molecule has 0 bridgehead atoms. The van der Waals surface area contributed by atoms with Crippen molar-refractivity contribution in [3.63, 3.8) is 0 Å². The molecule has 5 nitrogen and oxygen atoms in total. The van der Waals surface area contributed by atoms with Gasteiger partial charge in [0.1, 0.15) is 0 Å². The highest BCUT2D eigenvalue weighted by Crippen LogP contribution is 2.14. The van der Waals surface area contributed by atoms with Gasteiger partial charge < -0.3 is 14.8 Å². The highest BCUT2D eigenvalue weighted by Gasteiger charge is 2.16. The van der Waals surface area contributed by atoms with E-state index in [9.17, 15) is 9.59 Å². The molecule has 1 aromatic rings. The van der Waals surface area contributed by atoms with Crippen LogP contribution in [0, 0.1) is 19.8 Å². The van der Waals surface area contributed by atoms with E-state index >= 15 is 0 Å². The number of piperidine rings is 1. The summed E-state index contributed by atoms with van der Waals surface area (Å²) in [4.78, 5) is 27.2. The zero-order valence-corrected chi connectivity index (χ0v) is 14.7. The van der Waals surface area contributed by atoms with Crippen molar-refractivity contribution < 1.29 is 4.79 Å². The standard InChI is InChI=1S/C16H27N3O2S/c1-12-5-4-8-18(11-12)10-7-17-15(20)6-9-19-13(2)14(3)22-16(19)21/h12H,4-11H2,1-3H3,(H,17,20). The van der Waals surface area contributed by atoms with Crippen LogP contribution in [0.15, 0.2) is 4.79 Å². The zero-order chi connectivity index (χ0) is 16.1. The van der Waals surface area contributed by atoms with Crippen LogP contribution >= 0.6 is 11.3 Å². The zero-order valence-electron chi connectivity index (χ0n) is 13.9. The molecular weight excluding hydrogens is 298 g/mol. The van der Waals surface area contributed by atoms with Crippen LogP contribution in [0.25, 0.3) is 0 Å². The average molecular weight is 325 g/mol. The van der Waals surface area contributed by atoms with Crippen molar-refractivity contribution in [2.24, 2.45) is 5.92 Å². The molecule has 2 rings (SSSR count). The number of nitrogens with zero attached hydrogens (tertiary/aromatic N) is 2. The van der Waals surface area contributed by atoms with E-state index < -0.39 is 0 Å². The molecule has 1 aromatic heterocycles. The molecule has 1 N–H and O–H groups in total. The second kappa shape index (κ2) is 7.92. The maximum atomic E-state index is 11.9. The third kappa shape index (κ3) is 4.68. The van der Waals surface area contributed by atoms with Gasteiger partial charge in [-0.1, -0.05) is 18.3 Å². The maximum absolute atomic E-state index is 11.9. The number of hydrogen-bond donors (Lipinski definition) is 1. The first kappa shape index (κ1) is 17.2. The average Bonchev–Trinajstić information content (AvgIpc) is 2.70. The molecular formula is C16H27N3O2S. The molecule has 1 amide bonds. The Morgan fingerprint density at radius 2 is 2.14 bits per heavy atom. The number of likely N-dealkylation sites (tertiary alicyclic amines) is 1. The van der Waals surface area contributed by atoms with E-state index in [4.69, 9.17) is 0 Å². The molecule has 1 aliphatic rings. The van der Waals surface area contributed by atoms with E-state index in [1.165, 1.54) is 24.2 Å². The first-order chi connectivity index (χ1) is 10.5. The van der Waals surface area contributed by atoms with Crippen LogP contribution in [0.2, 0.25) is 0 Å². The van der Waals surface area contributed by atoms with Gasteiger partial charge in [-0.2, -0.15) is 0 Å². The van der Waals surface area contributed by atoms with Crippen molar-refractivity contribution in [1.29, 1.82) is 0 Å². The van der Waals surface area contributed by atoms with Crippen LogP contribution in [0.1, 0.15) is 36.8 Å². The van der Waals surface area contributed by atoms with Crippen molar-refractivity contribution in [2.75, 3.05) is 26.2 Å². The number of hydrogen-bond acceptors (Lipinski definition) is 4. The number of rotatable bonds is 6. The van der Waals surface area contributed by atoms with Crippen molar-refractivity contribution in [3.8, 4) is 0 Å². The third-order valence-corrected chi connectivity index (χ3v) is 5.43. The summed E-state index contributed by atoms with van der Waals surface area (Å²) in [6.07, 6.45) is 2.94. The van der Waals surface area contributed by atoms with Crippen LogP contribution in [0.5, 0.6) is 0 Å². The lowest BCUT2D eigenvalue weighted by atomic mass is 10.0. The highest BCUT2D eigenvalue weighted by atomic mass is 32.1. The highest BCUT2D eigenvalue weighted by molar-refractivity contribution is 7.09. The Labute approximate surface area is 136 Å². The Kier molecular flexibility index (Phi) is 6.20. The monoisotopic (exact) mass is 325 g/mol. The first-order valence-corrected chi connectivity index (χ1v) is 8.95. The Hall–Kier alpha value is -1.14. The summed E-state index contributed by atoms with van der Waals surface area (Å²) in [5.41, 5.74) is 0.977. The number of aromatic nitrogens is 1. The summed E-state index contributed by atoms with van der Waals surface area (Å²) < 4.78 is 1.70. The van der Waals surface area contributed by atoms with E-state index in [2.05, 4.69) is 17.1 Å². The van der Waals surface area contributed by atoms with Crippen molar-refractivity contribution in [3.05, 3.63) is 20.2 Å². The molecule has 6 heteroatoms. The van der Waals surface area contributed by atoms with Gasteiger partial charge in [-0.05, 0) is 39.2 Å². The summed E-state index contributed by atoms with van der Waals surface area (Å²) in [7, 11) is 0. The Bertz CT molecular complexity index is 564. The molecule has 2 heterocycles. The number of thiazole rings is 1. The van der Waals surface area contributed by atoms with E-state index in [0.717, 1.165) is 36.1 Å². The minimum Gasteiger partial charge on any atom is -0.355 e. The largest absolute Gasteiger partial charge is 0.355 e. The molecule has 1 aliphatic heterocycles. The van der Waals surface area contributed by atoms with Gasteiger partial charge in [-0.15, -0.1) is 0 Å². The van der Waals surface area contributed by atoms with Gasteiger partial charge in [0.15, 0.2) is 0 Å². The number of nitrogens with one attached hydrogen (secondary N) is 1. The van der Waals surface area contributed by atoms with Crippen molar-refractivity contribution in [1.82, 2.24) is 14.8 Å². The van der Waals surface area contributed by atoms with Gasteiger partial charge in [-0.3, -0.25) is 9.59 Å². The molecule has 1 saturated heterocycles. The summed E-state index contributed by atoms with van der Waals surface area (Å²) in [5, 5.41) is 2.97. The maximum Gasteiger partial charge on any atom is 0.307 e. The minimum atomic E-state index is 0.0280. The lowest BCUT2D eigenvalue weighted by Crippen LogP contribution is -2.40. The first-order valence-electron chi connectivity index (χ1n) is 8.13. The van der Waals surface area contributed by atoms with Gasteiger partial charge in [0.25, 0.3) is 0 Å². The Balaban J connectivity index is 1.69. The Morgan fingerprint density at radius 3 is 2.77 bits per heavy atom. The lowest BCUT2D eigenvalue weighted by Gasteiger charge is -2.30. The van der Waals surface area contributed by atoms with Gasteiger partial charge in [0, 0.05) is 43.2 Å². The van der Waals surface area contributed by atoms with Crippen molar-refractivity contribution in [2.45, 2.75) is 46.6 Å².